The number of ether oxygens (including phenoxy) is 1. The van der Waals surface area contributed by atoms with Crippen LogP contribution < -0.4 is 15.4 Å². The van der Waals surface area contributed by atoms with Crippen molar-refractivity contribution in [2.24, 2.45) is 4.99 Å². The van der Waals surface area contributed by atoms with Gasteiger partial charge in [-0.05, 0) is 42.5 Å². The summed E-state index contributed by atoms with van der Waals surface area (Å²) in [5, 5.41) is 6.64. The van der Waals surface area contributed by atoms with Crippen LogP contribution in [-0.2, 0) is 12.8 Å². The molecule has 2 aromatic rings. The van der Waals surface area contributed by atoms with E-state index in [0.717, 1.165) is 25.2 Å². The minimum Gasteiger partial charge on any atom is -0.474 e. The van der Waals surface area contributed by atoms with Gasteiger partial charge in [0.25, 0.3) is 0 Å². The lowest BCUT2D eigenvalue weighted by molar-refractivity contribution is 0.292. The second kappa shape index (κ2) is 8.46. The van der Waals surface area contributed by atoms with Gasteiger partial charge in [0.05, 0.1) is 6.54 Å². The van der Waals surface area contributed by atoms with Crippen LogP contribution in [0.1, 0.15) is 17.5 Å². The second-order valence-electron chi connectivity index (χ2n) is 5.99. The van der Waals surface area contributed by atoms with Crippen molar-refractivity contribution >= 4 is 5.96 Å². The number of halogens is 1. The molecule has 0 bridgehead atoms. The van der Waals surface area contributed by atoms with Crippen LogP contribution in [0.5, 0.6) is 5.88 Å². The third-order valence-corrected chi connectivity index (χ3v) is 4.27. The average molecular weight is 342 g/mol. The van der Waals surface area contributed by atoms with E-state index >= 15 is 0 Å². The van der Waals surface area contributed by atoms with Crippen LogP contribution in [0.3, 0.4) is 0 Å². The topological polar surface area (TPSA) is 58.5 Å². The molecule has 132 valence electrons. The number of aliphatic imine (C=N–C) groups is 1. The summed E-state index contributed by atoms with van der Waals surface area (Å²) >= 11 is 0. The largest absolute Gasteiger partial charge is 0.474 e. The van der Waals surface area contributed by atoms with E-state index in [1.54, 1.807) is 7.05 Å². The van der Waals surface area contributed by atoms with Crippen molar-refractivity contribution in [3.05, 3.63) is 59.5 Å². The Labute approximate surface area is 147 Å². The van der Waals surface area contributed by atoms with Crippen molar-refractivity contribution in [1.82, 2.24) is 15.6 Å². The van der Waals surface area contributed by atoms with E-state index in [1.165, 1.54) is 29.5 Å². The third kappa shape index (κ3) is 4.68. The van der Waals surface area contributed by atoms with E-state index in [9.17, 15) is 4.39 Å². The summed E-state index contributed by atoms with van der Waals surface area (Å²) in [5.74, 6) is 0.302. The Morgan fingerprint density at radius 3 is 2.92 bits per heavy atom. The molecule has 1 atom stereocenters. The Hall–Kier alpha value is -2.63. The summed E-state index contributed by atoms with van der Waals surface area (Å²) in [4.78, 5) is 8.11. The molecule has 1 aromatic carbocycles. The van der Waals surface area contributed by atoms with Crippen molar-refractivity contribution in [2.45, 2.75) is 25.3 Å². The molecular formula is C19H23FN4O. The zero-order chi connectivity index (χ0) is 17.5. The number of rotatable bonds is 5. The van der Waals surface area contributed by atoms with Crippen LogP contribution in [0.2, 0.25) is 0 Å². The highest BCUT2D eigenvalue weighted by atomic mass is 19.1. The van der Waals surface area contributed by atoms with Crippen molar-refractivity contribution in [2.75, 3.05) is 20.2 Å². The minimum absolute atomic E-state index is 0.0242. The fourth-order valence-corrected chi connectivity index (χ4v) is 3.00. The molecule has 0 saturated heterocycles. The van der Waals surface area contributed by atoms with Crippen molar-refractivity contribution < 1.29 is 9.13 Å². The summed E-state index contributed by atoms with van der Waals surface area (Å²) in [6.45, 7) is 0.821. The molecule has 3 rings (SSSR count). The smallest absolute Gasteiger partial charge is 0.250 e. The molecule has 0 radical (unpaired) electrons. The van der Waals surface area contributed by atoms with E-state index in [-0.39, 0.29) is 5.88 Å². The molecule has 0 amide bonds. The van der Waals surface area contributed by atoms with Gasteiger partial charge >= 0.3 is 0 Å². The first-order valence-corrected chi connectivity index (χ1v) is 8.53. The highest BCUT2D eigenvalue weighted by molar-refractivity contribution is 5.80. The lowest BCUT2D eigenvalue weighted by atomic mass is 9.88. The molecule has 0 saturated carbocycles. The Bertz CT molecular complexity index is 735. The number of hydrogen-bond acceptors (Lipinski definition) is 3. The molecule has 0 spiro atoms. The van der Waals surface area contributed by atoms with Gasteiger partial charge in [0, 0.05) is 19.3 Å². The van der Waals surface area contributed by atoms with Gasteiger partial charge in [0.15, 0.2) is 11.8 Å². The van der Waals surface area contributed by atoms with Gasteiger partial charge in [0.1, 0.15) is 6.61 Å². The third-order valence-electron chi connectivity index (χ3n) is 4.27. The second-order valence-corrected chi connectivity index (χ2v) is 5.99. The maximum absolute atomic E-state index is 13.4. The minimum atomic E-state index is -0.453. The quantitative estimate of drug-likeness (QED) is 0.497. The van der Waals surface area contributed by atoms with E-state index in [2.05, 4.69) is 44.9 Å². The summed E-state index contributed by atoms with van der Waals surface area (Å²) in [5.41, 5.74) is 2.84. The van der Waals surface area contributed by atoms with E-state index < -0.39 is 5.82 Å². The Balaban J connectivity index is 1.44. The van der Waals surface area contributed by atoms with Gasteiger partial charge < -0.3 is 15.4 Å². The number of hydrogen-bond donors (Lipinski definition) is 2. The zero-order valence-electron chi connectivity index (χ0n) is 14.3. The van der Waals surface area contributed by atoms with E-state index in [0.29, 0.717) is 19.2 Å². The molecule has 2 N–H and O–H groups in total. The van der Waals surface area contributed by atoms with Gasteiger partial charge in [-0.2, -0.15) is 0 Å². The van der Waals surface area contributed by atoms with Crippen molar-refractivity contribution in [3.8, 4) is 5.88 Å². The van der Waals surface area contributed by atoms with Gasteiger partial charge in [-0.25, -0.2) is 9.37 Å². The van der Waals surface area contributed by atoms with E-state index in [4.69, 9.17) is 4.74 Å². The maximum atomic E-state index is 13.4. The Morgan fingerprint density at radius 2 is 2.12 bits per heavy atom. The van der Waals surface area contributed by atoms with E-state index in [1.807, 2.05) is 0 Å². The maximum Gasteiger partial charge on any atom is 0.250 e. The SMILES string of the molecule is CN=C(NCCOc1ncccc1F)NC1CCc2ccccc2C1. The number of aryl methyl sites for hydroxylation is 1. The number of nitrogens with one attached hydrogen (secondary N) is 2. The molecule has 1 unspecified atom stereocenters. The highest BCUT2D eigenvalue weighted by Crippen LogP contribution is 2.20. The number of nitrogens with zero attached hydrogens (tertiary/aromatic N) is 2. The molecule has 1 aliphatic carbocycles. The monoisotopic (exact) mass is 342 g/mol. The van der Waals surface area contributed by atoms with Crippen molar-refractivity contribution in [1.29, 1.82) is 0 Å². The molecule has 1 aliphatic rings. The molecule has 0 aliphatic heterocycles. The van der Waals surface area contributed by atoms with Gasteiger partial charge in [-0.1, -0.05) is 24.3 Å². The standard InChI is InChI=1S/C19H23FN4O/c1-21-19(23-11-12-25-18-17(20)7-4-10-22-18)24-16-9-8-14-5-2-3-6-15(14)13-16/h2-7,10,16H,8-9,11-13H2,1H3,(H2,21,23,24). The molecule has 25 heavy (non-hydrogen) atoms. The van der Waals surface area contributed by atoms with Crippen LogP contribution >= 0.6 is 0 Å². The summed E-state index contributed by atoms with van der Waals surface area (Å²) in [6.07, 6.45) is 4.65. The molecule has 1 heterocycles. The van der Waals surface area contributed by atoms with Crippen molar-refractivity contribution in [3.63, 3.8) is 0 Å². The predicted octanol–water partition coefficient (Wildman–Crippen LogP) is 2.32. The number of guanidine groups is 1. The first kappa shape index (κ1) is 17.2. The van der Waals surface area contributed by atoms with Gasteiger partial charge in [-0.15, -0.1) is 0 Å². The summed E-state index contributed by atoms with van der Waals surface area (Å²) < 4.78 is 18.8. The normalized spacial score (nSPS) is 16.9. The van der Waals surface area contributed by atoms with Crippen LogP contribution in [0.25, 0.3) is 0 Å². The van der Waals surface area contributed by atoms with Crippen LogP contribution in [0, 0.1) is 5.82 Å². The fraction of sp³-hybridized carbons (Fsp3) is 0.368. The lowest BCUT2D eigenvalue weighted by Gasteiger charge is -2.27. The molecule has 1 aromatic heterocycles. The van der Waals surface area contributed by atoms with Crippen LogP contribution in [0.4, 0.5) is 4.39 Å². The molecule has 5 nitrogen and oxygen atoms in total. The number of benzene rings is 1. The summed E-state index contributed by atoms with van der Waals surface area (Å²) in [7, 11) is 1.74. The van der Waals surface area contributed by atoms with Crippen LogP contribution in [0.15, 0.2) is 47.6 Å². The molecule has 6 heteroatoms. The summed E-state index contributed by atoms with van der Waals surface area (Å²) in [6, 6.07) is 11.8. The molecule has 0 fully saturated rings. The Morgan fingerprint density at radius 1 is 1.28 bits per heavy atom. The zero-order valence-corrected chi connectivity index (χ0v) is 14.3. The first-order valence-electron chi connectivity index (χ1n) is 8.53. The lowest BCUT2D eigenvalue weighted by Crippen LogP contribution is -2.46. The fourth-order valence-electron chi connectivity index (χ4n) is 3.00. The molecular weight excluding hydrogens is 319 g/mol. The first-order chi connectivity index (χ1) is 12.3. The predicted molar refractivity (Wildman–Crippen MR) is 96.4 cm³/mol. The van der Waals surface area contributed by atoms with Crippen LogP contribution in [-0.4, -0.2) is 37.2 Å². The highest BCUT2D eigenvalue weighted by Gasteiger charge is 2.18. The Kier molecular flexibility index (Phi) is 5.82. The average Bonchev–Trinajstić information content (AvgIpc) is 2.65. The van der Waals surface area contributed by atoms with Gasteiger partial charge in [0.2, 0.25) is 5.88 Å². The van der Waals surface area contributed by atoms with Gasteiger partial charge in [-0.3, -0.25) is 4.99 Å². The number of pyridine rings is 1. The number of fused-ring (bicyclic) bond motifs is 1. The number of aromatic nitrogens is 1.